The number of benzene rings is 2. The number of ether oxygens (including phenoxy) is 2. The van der Waals surface area contributed by atoms with Crippen LogP contribution in [-0.2, 0) is 9.47 Å². The fourth-order valence-corrected chi connectivity index (χ4v) is 6.37. The number of hydrogen-bond acceptors (Lipinski definition) is 12. The smallest absolute Gasteiger partial charge is 0.193 e. The van der Waals surface area contributed by atoms with Crippen LogP contribution in [-0.4, -0.2) is 86.5 Å². The van der Waals surface area contributed by atoms with E-state index in [0.29, 0.717) is 26.4 Å². The van der Waals surface area contributed by atoms with Gasteiger partial charge in [0.25, 0.3) is 0 Å². The van der Waals surface area contributed by atoms with Gasteiger partial charge in [-0.05, 0) is 87.0 Å². The lowest BCUT2D eigenvalue weighted by atomic mass is 10.2. The molecule has 12 heteroatoms. The molecule has 2 atom stereocenters. The van der Waals surface area contributed by atoms with Crippen molar-refractivity contribution in [1.82, 2.24) is 9.80 Å². The molecule has 0 aromatic heterocycles. The van der Waals surface area contributed by atoms with Gasteiger partial charge in [-0.2, -0.15) is 20.5 Å². The summed E-state index contributed by atoms with van der Waals surface area (Å²) in [5.74, 6) is 0. The van der Waals surface area contributed by atoms with E-state index in [1.54, 1.807) is 23.5 Å². The molecule has 0 fully saturated rings. The minimum atomic E-state index is 0.0330. The number of rotatable bonds is 19. The first-order valence-electron chi connectivity index (χ1n) is 15.5. The highest BCUT2D eigenvalue weighted by Crippen LogP contribution is 2.29. The van der Waals surface area contributed by atoms with Crippen molar-refractivity contribution in [3.05, 3.63) is 71.7 Å². The third-order valence-corrected chi connectivity index (χ3v) is 9.10. The normalized spacial score (nSPS) is 18.0. The maximum Gasteiger partial charge on any atom is 0.193 e. The Hall–Kier alpha value is -3.06. The van der Waals surface area contributed by atoms with Gasteiger partial charge >= 0.3 is 0 Å². The molecular formula is C32H46N8O2S2. The van der Waals surface area contributed by atoms with Crippen LogP contribution in [0.3, 0.4) is 0 Å². The van der Waals surface area contributed by atoms with Crippen LogP contribution in [0.15, 0.2) is 92.2 Å². The van der Waals surface area contributed by atoms with E-state index in [2.05, 4.69) is 115 Å². The molecule has 10 nitrogen and oxygen atoms in total. The minimum Gasteiger partial charge on any atom is -0.377 e. The monoisotopic (exact) mass is 638 g/mol. The van der Waals surface area contributed by atoms with Crippen molar-refractivity contribution >= 4 is 46.3 Å². The quantitative estimate of drug-likeness (QED) is 0.114. The van der Waals surface area contributed by atoms with Crippen molar-refractivity contribution in [3.63, 3.8) is 0 Å². The van der Waals surface area contributed by atoms with Crippen LogP contribution in [0.4, 0.5) is 22.7 Å². The molecule has 0 N–H and O–H groups in total. The molecule has 2 heterocycles. The molecule has 44 heavy (non-hydrogen) atoms. The Labute approximate surface area is 271 Å². The van der Waals surface area contributed by atoms with E-state index in [4.69, 9.17) is 9.47 Å². The van der Waals surface area contributed by atoms with Crippen molar-refractivity contribution in [3.8, 4) is 0 Å². The summed E-state index contributed by atoms with van der Waals surface area (Å²) in [5, 5.41) is 22.0. The maximum atomic E-state index is 5.88. The zero-order chi connectivity index (χ0) is 31.0. The molecule has 2 aliphatic heterocycles. The summed E-state index contributed by atoms with van der Waals surface area (Å²) in [6.45, 7) is 16.3. The number of anilines is 2. The number of likely N-dealkylation sites (N-methyl/N-ethyl adjacent to an activating group) is 2. The van der Waals surface area contributed by atoms with Gasteiger partial charge in [-0.15, -0.1) is 0 Å². The minimum absolute atomic E-state index is 0.0330. The zero-order valence-electron chi connectivity index (χ0n) is 26.4. The van der Waals surface area contributed by atoms with Crippen molar-refractivity contribution in [2.75, 3.05) is 75.5 Å². The van der Waals surface area contributed by atoms with Crippen LogP contribution < -0.4 is 9.80 Å². The van der Waals surface area contributed by atoms with Gasteiger partial charge < -0.3 is 29.1 Å². The lowest BCUT2D eigenvalue weighted by molar-refractivity contribution is 0.0530. The molecule has 0 bridgehead atoms. The third-order valence-electron chi connectivity index (χ3n) is 7.32. The molecule has 238 valence electrons. The molecule has 0 radical (unpaired) electrons. The van der Waals surface area contributed by atoms with Crippen molar-refractivity contribution in [2.45, 2.75) is 38.7 Å². The molecule has 4 rings (SSSR count). The summed E-state index contributed by atoms with van der Waals surface area (Å²) in [5.41, 5.74) is 4.10. The number of nitrogens with zero attached hydrogens (tertiary/aromatic N) is 8. The zero-order valence-corrected chi connectivity index (χ0v) is 28.0. The van der Waals surface area contributed by atoms with Gasteiger partial charge in [-0.1, -0.05) is 23.5 Å². The summed E-state index contributed by atoms with van der Waals surface area (Å²) in [6.07, 6.45) is 4.13. The molecular weight excluding hydrogens is 593 g/mol. The highest BCUT2D eigenvalue weighted by Gasteiger charge is 2.18. The number of thioether (sulfide) groups is 2. The van der Waals surface area contributed by atoms with E-state index in [1.165, 1.54) is 0 Å². The molecule has 0 saturated heterocycles. The first kappa shape index (κ1) is 33.8. The predicted molar refractivity (Wildman–Crippen MR) is 185 cm³/mol. The van der Waals surface area contributed by atoms with E-state index in [0.717, 1.165) is 62.0 Å². The molecule has 2 aromatic carbocycles. The summed E-state index contributed by atoms with van der Waals surface area (Å²) < 4.78 is 11.8. The first-order chi connectivity index (χ1) is 21.6. The van der Waals surface area contributed by atoms with Gasteiger partial charge in [0.2, 0.25) is 0 Å². The third kappa shape index (κ3) is 10.3. The molecule has 2 aromatic rings. The second kappa shape index (κ2) is 18.7. The Kier molecular flexibility index (Phi) is 14.4. The molecule has 0 aliphatic carbocycles. The van der Waals surface area contributed by atoms with Gasteiger partial charge in [-0.25, -0.2) is 0 Å². The Morgan fingerprint density at radius 1 is 0.614 bits per heavy atom. The van der Waals surface area contributed by atoms with E-state index < -0.39 is 0 Å². The van der Waals surface area contributed by atoms with E-state index in [9.17, 15) is 0 Å². The highest BCUT2D eigenvalue weighted by atomic mass is 32.2. The summed E-state index contributed by atoms with van der Waals surface area (Å²) >= 11 is 3.35. The summed E-state index contributed by atoms with van der Waals surface area (Å²) in [4.78, 5) is 8.92. The molecule has 0 saturated carbocycles. The lowest BCUT2D eigenvalue weighted by Crippen LogP contribution is -2.28. The van der Waals surface area contributed by atoms with Crippen LogP contribution in [0, 0.1) is 0 Å². The number of azo groups is 2. The SMILES string of the molecule is CCN(CCOCCOCCN(CC)c1ccc(N=NC2SC=CN2CC)cc1)c1ccc(N=NC2SC=CN2CC)cc1. The summed E-state index contributed by atoms with van der Waals surface area (Å²) in [6, 6.07) is 16.5. The van der Waals surface area contributed by atoms with Crippen LogP contribution >= 0.6 is 23.5 Å². The first-order valence-corrected chi connectivity index (χ1v) is 17.4. The Bertz CT molecular complexity index is 1130. The van der Waals surface area contributed by atoms with Gasteiger partial charge in [-0.3, -0.25) is 0 Å². The largest absolute Gasteiger partial charge is 0.377 e. The van der Waals surface area contributed by atoms with Gasteiger partial charge in [0.1, 0.15) is 0 Å². The van der Waals surface area contributed by atoms with Gasteiger partial charge in [0.15, 0.2) is 11.0 Å². The molecule has 2 aliphatic rings. The second-order valence-electron chi connectivity index (χ2n) is 10.0. The molecule has 2 unspecified atom stereocenters. The fourth-order valence-electron chi connectivity index (χ4n) is 4.68. The second-order valence-corrected chi connectivity index (χ2v) is 11.9. The van der Waals surface area contributed by atoms with Crippen molar-refractivity contribution in [1.29, 1.82) is 0 Å². The standard InChI is InChI=1S/C32H46N8O2S2/c1-5-37(29-13-9-27(10-14-29)33-35-31-39(7-3)19-25-43-31)17-21-41-23-24-42-22-18-38(6-2)30-15-11-28(12-16-30)34-36-32-40(8-4)20-26-44-32/h9-16,19-20,25-26,31-32H,5-8,17-18,21-24H2,1-4H3. The van der Waals surface area contributed by atoms with E-state index >= 15 is 0 Å². The Balaban J connectivity index is 1.09. The molecule has 0 spiro atoms. The molecule has 0 amide bonds. The van der Waals surface area contributed by atoms with Crippen LogP contribution in [0.2, 0.25) is 0 Å². The van der Waals surface area contributed by atoms with Crippen LogP contribution in [0.1, 0.15) is 27.7 Å². The van der Waals surface area contributed by atoms with E-state index in [-0.39, 0.29) is 11.0 Å². The van der Waals surface area contributed by atoms with Crippen molar-refractivity contribution in [2.24, 2.45) is 20.5 Å². The maximum absolute atomic E-state index is 5.88. The topological polar surface area (TPSA) is 80.9 Å². The Morgan fingerprint density at radius 2 is 1.02 bits per heavy atom. The van der Waals surface area contributed by atoms with Gasteiger partial charge in [0, 0.05) is 63.0 Å². The van der Waals surface area contributed by atoms with Crippen LogP contribution in [0.5, 0.6) is 0 Å². The van der Waals surface area contributed by atoms with Crippen LogP contribution in [0.25, 0.3) is 0 Å². The lowest BCUT2D eigenvalue weighted by Gasteiger charge is -2.24. The fraction of sp³-hybridized carbons (Fsp3) is 0.500. The van der Waals surface area contributed by atoms with Gasteiger partial charge in [0.05, 0.1) is 37.8 Å². The van der Waals surface area contributed by atoms with Crippen molar-refractivity contribution < 1.29 is 9.47 Å². The summed E-state index contributed by atoms with van der Waals surface area (Å²) in [7, 11) is 0. The number of hydrogen-bond donors (Lipinski definition) is 0. The average Bonchev–Trinajstić information content (AvgIpc) is 3.73. The Morgan fingerprint density at radius 3 is 1.39 bits per heavy atom. The highest BCUT2D eigenvalue weighted by molar-refractivity contribution is 8.03. The van der Waals surface area contributed by atoms with E-state index in [1.807, 2.05) is 24.3 Å². The average molecular weight is 639 g/mol. The predicted octanol–water partition coefficient (Wildman–Crippen LogP) is 7.89.